The molecule has 34 heavy (non-hydrogen) atoms. The Morgan fingerprint density at radius 2 is 1.38 bits per heavy atom. The van der Waals surface area contributed by atoms with Crippen LogP contribution in [0.15, 0.2) is 108 Å². The third-order valence-electron chi connectivity index (χ3n) is 5.72. The SMILES string of the molecule is Cc1ccc2nc3c(OP(c4ccccc4)c4ccccc4)nc4ccccc4n3c(=O)c2c1. The fourth-order valence-electron chi connectivity index (χ4n) is 4.10. The molecule has 2 aromatic heterocycles. The average molecular weight is 461 g/mol. The van der Waals surface area contributed by atoms with E-state index in [9.17, 15) is 4.79 Å². The van der Waals surface area contributed by atoms with Crippen LogP contribution >= 0.6 is 8.15 Å². The van der Waals surface area contributed by atoms with Crippen LogP contribution < -0.4 is 20.7 Å². The Bertz CT molecular complexity index is 1680. The highest BCUT2D eigenvalue weighted by molar-refractivity contribution is 7.68. The monoisotopic (exact) mass is 461 g/mol. The maximum Gasteiger partial charge on any atom is 0.266 e. The third-order valence-corrected chi connectivity index (χ3v) is 7.61. The number of para-hydroxylation sites is 2. The minimum absolute atomic E-state index is 0.129. The van der Waals surface area contributed by atoms with E-state index < -0.39 is 8.15 Å². The summed E-state index contributed by atoms with van der Waals surface area (Å²) in [6.07, 6.45) is 0. The van der Waals surface area contributed by atoms with Gasteiger partial charge in [-0.15, -0.1) is 0 Å². The molecule has 0 radical (unpaired) electrons. The highest BCUT2D eigenvalue weighted by Gasteiger charge is 2.22. The van der Waals surface area contributed by atoms with Crippen molar-refractivity contribution in [2.45, 2.75) is 6.92 Å². The number of hydrogen-bond donors (Lipinski definition) is 0. The third kappa shape index (κ3) is 3.51. The van der Waals surface area contributed by atoms with Crippen molar-refractivity contribution in [3.05, 3.63) is 119 Å². The summed E-state index contributed by atoms with van der Waals surface area (Å²) in [5.74, 6) is 0.345. The summed E-state index contributed by atoms with van der Waals surface area (Å²) < 4.78 is 8.30. The van der Waals surface area contributed by atoms with Gasteiger partial charge in [-0.3, -0.25) is 9.20 Å². The molecule has 6 aromatic rings. The van der Waals surface area contributed by atoms with Gasteiger partial charge in [-0.25, -0.2) is 9.97 Å². The van der Waals surface area contributed by atoms with Crippen molar-refractivity contribution in [1.29, 1.82) is 0 Å². The van der Waals surface area contributed by atoms with Crippen molar-refractivity contribution in [1.82, 2.24) is 14.4 Å². The largest absolute Gasteiger partial charge is 0.444 e. The zero-order valence-corrected chi connectivity index (χ0v) is 19.3. The van der Waals surface area contributed by atoms with Gasteiger partial charge in [0.1, 0.15) is 0 Å². The van der Waals surface area contributed by atoms with Crippen molar-refractivity contribution in [2.75, 3.05) is 0 Å². The molecule has 4 aromatic carbocycles. The molecular weight excluding hydrogens is 441 g/mol. The zero-order valence-electron chi connectivity index (χ0n) is 18.4. The summed E-state index contributed by atoms with van der Waals surface area (Å²) in [4.78, 5) is 23.4. The molecule has 164 valence electrons. The van der Waals surface area contributed by atoms with Crippen molar-refractivity contribution in [2.24, 2.45) is 0 Å². The summed E-state index contributed by atoms with van der Waals surface area (Å²) in [7, 11) is -1.23. The van der Waals surface area contributed by atoms with E-state index in [0.717, 1.165) is 16.2 Å². The van der Waals surface area contributed by atoms with Crippen molar-refractivity contribution in [3.63, 3.8) is 0 Å². The molecule has 0 aliphatic carbocycles. The van der Waals surface area contributed by atoms with Gasteiger partial charge in [-0.2, -0.15) is 0 Å². The van der Waals surface area contributed by atoms with Gasteiger partial charge in [0.25, 0.3) is 11.4 Å². The summed E-state index contributed by atoms with van der Waals surface area (Å²) in [6.45, 7) is 1.97. The molecular formula is C28H20N3O2P. The summed E-state index contributed by atoms with van der Waals surface area (Å²) >= 11 is 0. The molecule has 6 rings (SSSR count). The number of aryl methyl sites for hydroxylation is 1. The predicted octanol–water partition coefficient (Wildman–Crippen LogP) is 5.13. The van der Waals surface area contributed by atoms with Crippen LogP contribution in [0.2, 0.25) is 0 Å². The lowest BCUT2D eigenvalue weighted by molar-refractivity contribution is 0.605. The van der Waals surface area contributed by atoms with E-state index in [2.05, 4.69) is 24.3 Å². The van der Waals surface area contributed by atoms with Gasteiger partial charge in [0.05, 0.1) is 21.9 Å². The van der Waals surface area contributed by atoms with Gasteiger partial charge in [0.2, 0.25) is 5.65 Å². The summed E-state index contributed by atoms with van der Waals surface area (Å²) in [5, 5.41) is 2.68. The van der Waals surface area contributed by atoms with Crippen LogP contribution in [-0.4, -0.2) is 14.4 Å². The summed E-state index contributed by atoms with van der Waals surface area (Å²) in [6, 6.07) is 33.5. The van der Waals surface area contributed by atoms with Gasteiger partial charge in [-0.1, -0.05) is 84.4 Å². The lowest BCUT2D eigenvalue weighted by atomic mass is 10.1. The maximum atomic E-state index is 13.7. The smallest absolute Gasteiger partial charge is 0.266 e. The van der Waals surface area contributed by atoms with Crippen molar-refractivity contribution < 1.29 is 4.52 Å². The van der Waals surface area contributed by atoms with Gasteiger partial charge in [0, 0.05) is 10.6 Å². The fraction of sp³-hybridized carbons (Fsp3) is 0.0357. The van der Waals surface area contributed by atoms with Crippen LogP contribution in [0.5, 0.6) is 5.88 Å². The molecule has 0 bridgehead atoms. The summed E-state index contributed by atoms with van der Waals surface area (Å²) in [5.41, 5.74) is 3.31. The molecule has 0 aliphatic heterocycles. The van der Waals surface area contributed by atoms with E-state index >= 15 is 0 Å². The first kappa shape index (κ1) is 20.5. The number of aromatic nitrogens is 3. The van der Waals surface area contributed by atoms with Crippen LogP contribution in [0.3, 0.4) is 0 Å². The fourth-order valence-corrected chi connectivity index (χ4v) is 5.79. The second kappa shape index (κ2) is 8.36. The first-order valence-corrected chi connectivity index (χ1v) is 12.2. The number of benzene rings is 4. The van der Waals surface area contributed by atoms with Gasteiger partial charge < -0.3 is 4.52 Å². The Balaban J connectivity index is 1.65. The van der Waals surface area contributed by atoms with Gasteiger partial charge in [-0.05, 0) is 31.2 Å². The highest BCUT2D eigenvalue weighted by Crippen LogP contribution is 2.38. The molecule has 0 saturated heterocycles. The van der Waals surface area contributed by atoms with E-state index in [-0.39, 0.29) is 5.56 Å². The normalized spacial score (nSPS) is 11.5. The molecule has 0 saturated carbocycles. The Labute approximate surface area is 197 Å². The topological polar surface area (TPSA) is 56.5 Å². The van der Waals surface area contributed by atoms with Gasteiger partial charge in [0.15, 0.2) is 8.15 Å². The number of hydrogen-bond acceptors (Lipinski definition) is 4. The molecule has 0 atom stereocenters. The van der Waals surface area contributed by atoms with Crippen LogP contribution in [0.4, 0.5) is 0 Å². The van der Waals surface area contributed by atoms with Crippen LogP contribution in [0.25, 0.3) is 27.6 Å². The molecule has 6 heteroatoms. The minimum Gasteiger partial charge on any atom is -0.444 e. The van der Waals surface area contributed by atoms with Gasteiger partial charge >= 0.3 is 0 Å². The van der Waals surface area contributed by atoms with Crippen molar-refractivity contribution in [3.8, 4) is 5.88 Å². The first-order chi connectivity index (χ1) is 16.7. The molecule has 0 unspecified atom stereocenters. The lowest BCUT2D eigenvalue weighted by Gasteiger charge is -2.20. The Morgan fingerprint density at radius 1 is 0.735 bits per heavy atom. The second-order valence-electron chi connectivity index (χ2n) is 8.06. The van der Waals surface area contributed by atoms with E-state index in [0.29, 0.717) is 33.5 Å². The molecule has 5 nitrogen and oxygen atoms in total. The Morgan fingerprint density at radius 3 is 2.09 bits per heavy atom. The first-order valence-electron chi connectivity index (χ1n) is 11.0. The van der Waals surface area contributed by atoms with E-state index in [1.807, 2.05) is 85.8 Å². The second-order valence-corrected chi connectivity index (χ2v) is 9.86. The van der Waals surface area contributed by atoms with Crippen molar-refractivity contribution >= 4 is 46.3 Å². The molecule has 0 amide bonds. The molecule has 0 N–H and O–H groups in total. The number of rotatable bonds is 4. The van der Waals surface area contributed by atoms with E-state index in [4.69, 9.17) is 14.5 Å². The standard InChI is InChI=1S/C28H20N3O2P/c1-19-16-17-23-22(18-19)28(32)31-25-15-9-8-14-24(25)30-27(26(31)29-23)33-34(20-10-4-2-5-11-20)21-12-6-3-7-13-21/h2-18H,1H3. The average Bonchev–Trinajstić information content (AvgIpc) is 2.88. The molecule has 0 aliphatic rings. The predicted molar refractivity (Wildman–Crippen MR) is 139 cm³/mol. The van der Waals surface area contributed by atoms with Crippen LogP contribution in [-0.2, 0) is 0 Å². The lowest BCUT2D eigenvalue weighted by Crippen LogP contribution is -2.20. The van der Waals surface area contributed by atoms with E-state index in [1.54, 1.807) is 4.40 Å². The maximum absolute atomic E-state index is 13.7. The molecule has 2 heterocycles. The van der Waals surface area contributed by atoms with Crippen LogP contribution in [0, 0.1) is 6.92 Å². The minimum atomic E-state index is -1.23. The number of nitrogens with zero attached hydrogens (tertiary/aromatic N) is 3. The highest BCUT2D eigenvalue weighted by atomic mass is 31.1. The Hall–Kier alpha value is -4.08. The zero-order chi connectivity index (χ0) is 23.1. The Kier molecular flexibility index (Phi) is 5.05. The number of fused-ring (bicyclic) bond motifs is 4. The van der Waals surface area contributed by atoms with E-state index in [1.165, 1.54) is 0 Å². The quantitative estimate of drug-likeness (QED) is 0.208. The van der Waals surface area contributed by atoms with Crippen LogP contribution in [0.1, 0.15) is 5.56 Å². The molecule has 0 spiro atoms. The molecule has 0 fully saturated rings.